The number of halogens is 5. The number of piperazine rings is 1. The fraction of sp³-hybridized carbons (Fsp3) is 0.450. The first kappa shape index (κ1) is 25.0. The Balaban J connectivity index is 1.74. The number of anilines is 1. The van der Waals surface area contributed by atoms with Crippen molar-refractivity contribution in [2.24, 2.45) is 5.16 Å². The van der Waals surface area contributed by atoms with Crippen LogP contribution in [0.5, 0.6) is 5.75 Å². The highest BCUT2D eigenvalue weighted by Crippen LogP contribution is 2.36. The molecule has 1 saturated heterocycles. The van der Waals surface area contributed by atoms with Crippen molar-refractivity contribution in [1.29, 1.82) is 0 Å². The van der Waals surface area contributed by atoms with E-state index in [1.54, 1.807) is 24.0 Å². The number of aromatic nitrogens is 2. The largest absolute Gasteiger partial charge is 0.495 e. The number of rotatable bonds is 5. The molecule has 13 heteroatoms. The molecule has 180 valence electrons. The van der Waals surface area contributed by atoms with Gasteiger partial charge in [-0.15, -0.1) is 0 Å². The van der Waals surface area contributed by atoms with Crippen LogP contribution in [-0.2, 0) is 17.5 Å². The third kappa shape index (κ3) is 5.14. The summed E-state index contributed by atoms with van der Waals surface area (Å²) >= 11 is 12.0. The fourth-order valence-corrected chi connectivity index (χ4v) is 4.07. The van der Waals surface area contributed by atoms with E-state index in [-0.39, 0.29) is 18.1 Å². The highest BCUT2D eigenvalue weighted by molar-refractivity contribution is 6.33. The van der Waals surface area contributed by atoms with Gasteiger partial charge in [-0.1, -0.05) is 28.4 Å². The van der Waals surface area contributed by atoms with Gasteiger partial charge >= 0.3 is 6.18 Å². The van der Waals surface area contributed by atoms with Crippen LogP contribution in [0.3, 0.4) is 0 Å². The molecular formula is C20H22Cl2F3N5O3. The zero-order valence-corrected chi connectivity index (χ0v) is 19.6. The molecule has 1 aliphatic heterocycles. The van der Waals surface area contributed by atoms with Gasteiger partial charge in [0.05, 0.1) is 28.6 Å². The first-order valence-corrected chi connectivity index (χ1v) is 10.6. The summed E-state index contributed by atoms with van der Waals surface area (Å²) in [7, 11) is 1.49. The molecular weight excluding hydrogens is 486 g/mol. The number of ether oxygens (including phenoxy) is 1. The first-order chi connectivity index (χ1) is 15.5. The molecule has 0 spiro atoms. The van der Waals surface area contributed by atoms with Crippen LogP contribution < -0.4 is 9.64 Å². The van der Waals surface area contributed by atoms with Gasteiger partial charge in [-0.05, 0) is 19.9 Å². The predicted molar refractivity (Wildman–Crippen MR) is 118 cm³/mol. The van der Waals surface area contributed by atoms with Gasteiger partial charge in [0.2, 0.25) is 5.91 Å². The van der Waals surface area contributed by atoms with E-state index in [1.807, 2.05) is 4.90 Å². The molecule has 2 heterocycles. The summed E-state index contributed by atoms with van der Waals surface area (Å²) in [6, 6.07) is 3.38. The molecule has 0 aliphatic carbocycles. The smallest absolute Gasteiger partial charge is 0.436 e. The average molecular weight is 508 g/mol. The molecule has 1 amide bonds. The number of carbonyl (C=O) groups is 1. The fourth-order valence-electron chi connectivity index (χ4n) is 3.59. The number of hydrogen-bond donors (Lipinski definition) is 1. The Hall–Kier alpha value is -2.66. The maximum absolute atomic E-state index is 13.0. The number of methoxy groups -OCH3 is 1. The van der Waals surface area contributed by atoms with Crippen LogP contribution in [0.15, 0.2) is 17.3 Å². The molecule has 0 radical (unpaired) electrons. The zero-order valence-electron chi connectivity index (χ0n) is 18.1. The third-order valence-corrected chi connectivity index (χ3v) is 6.22. The molecule has 0 saturated carbocycles. The van der Waals surface area contributed by atoms with E-state index in [0.717, 1.165) is 10.4 Å². The lowest BCUT2D eigenvalue weighted by atomic mass is 10.1. The highest BCUT2D eigenvalue weighted by Gasteiger charge is 2.38. The molecule has 0 bridgehead atoms. The third-order valence-electron chi connectivity index (χ3n) is 5.47. The summed E-state index contributed by atoms with van der Waals surface area (Å²) in [6.07, 6.45) is -4.70. The summed E-state index contributed by atoms with van der Waals surface area (Å²) in [5.74, 6) is 0.0822. The van der Waals surface area contributed by atoms with Gasteiger partial charge in [-0.2, -0.15) is 18.3 Å². The van der Waals surface area contributed by atoms with E-state index in [1.165, 1.54) is 14.0 Å². The topological polar surface area (TPSA) is 83.2 Å². The minimum atomic E-state index is -4.70. The van der Waals surface area contributed by atoms with Crippen molar-refractivity contribution in [3.8, 4) is 5.75 Å². The maximum Gasteiger partial charge on any atom is 0.436 e. The van der Waals surface area contributed by atoms with Gasteiger partial charge in [-0.25, -0.2) is 0 Å². The molecule has 3 rings (SSSR count). The number of alkyl halides is 3. The van der Waals surface area contributed by atoms with E-state index in [0.29, 0.717) is 48.2 Å². The van der Waals surface area contributed by atoms with Crippen molar-refractivity contribution >= 4 is 40.5 Å². The second-order valence-electron chi connectivity index (χ2n) is 7.46. The van der Waals surface area contributed by atoms with Crippen LogP contribution in [0.25, 0.3) is 0 Å². The number of amides is 1. The first-order valence-electron chi connectivity index (χ1n) is 9.87. The Labute approximate surface area is 198 Å². The normalized spacial score (nSPS) is 15.2. The summed E-state index contributed by atoms with van der Waals surface area (Å²) in [5, 5.41) is 15.8. The monoisotopic (exact) mass is 507 g/mol. The van der Waals surface area contributed by atoms with Crippen molar-refractivity contribution in [3.63, 3.8) is 0 Å². The van der Waals surface area contributed by atoms with Gasteiger partial charge in [0.1, 0.15) is 12.3 Å². The molecule has 1 aliphatic rings. The second kappa shape index (κ2) is 9.68. The van der Waals surface area contributed by atoms with Gasteiger partial charge in [0, 0.05) is 43.5 Å². The van der Waals surface area contributed by atoms with Gasteiger partial charge in [0.25, 0.3) is 0 Å². The molecule has 33 heavy (non-hydrogen) atoms. The van der Waals surface area contributed by atoms with Crippen LogP contribution in [0.1, 0.15) is 23.9 Å². The summed E-state index contributed by atoms with van der Waals surface area (Å²) in [4.78, 5) is 16.3. The van der Waals surface area contributed by atoms with Crippen molar-refractivity contribution in [1.82, 2.24) is 14.7 Å². The van der Waals surface area contributed by atoms with Gasteiger partial charge in [0.15, 0.2) is 5.69 Å². The average Bonchev–Trinajstić information content (AvgIpc) is 3.07. The van der Waals surface area contributed by atoms with Gasteiger partial charge < -0.3 is 19.7 Å². The Kier molecular flexibility index (Phi) is 7.32. The predicted octanol–water partition coefficient (Wildman–Crippen LogP) is 4.07. The van der Waals surface area contributed by atoms with Crippen LogP contribution in [0.4, 0.5) is 18.9 Å². The molecule has 1 aromatic carbocycles. The van der Waals surface area contributed by atoms with Crippen LogP contribution >= 0.6 is 23.2 Å². The molecule has 1 fully saturated rings. The van der Waals surface area contributed by atoms with Crippen molar-refractivity contribution in [2.75, 3.05) is 38.2 Å². The SMILES string of the molecule is COc1cc(N2CCN(C(=O)Cn3nc(C(F)(F)F)c(Cl)c3C)CC2)c(/C(C)=N/O)cc1Cl. The minimum Gasteiger partial charge on any atom is -0.495 e. The molecule has 0 atom stereocenters. The quantitative estimate of drug-likeness (QED) is 0.374. The van der Waals surface area contributed by atoms with Crippen LogP contribution in [-0.4, -0.2) is 64.8 Å². The number of carbonyl (C=O) groups excluding carboxylic acids is 1. The van der Waals surface area contributed by atoms with E-state index in [4.69, 9.17) is 27.9 Å². The Bertz CT molecular complexity index is 1080. The number of nitrogens with zero attached hydrogens (tertiary/aromatic N) is 5. The van der Waals surface area contributed by atoms with Crippen LogP contribution in [0, 0.1) is 6.92 Å². The highest BCUT2D eigenvalue weighted by atomic mass is 35.5. The lowest BCUT2D eigenvalue weighted by Crippen LogP contribution is -2.50. The maximum atomic E-state index is 13.0. The van der Waals surface area contributed by atoms with Crippen molar-refractivity contribution < 1.29 is 27.9 Å². The summed E-state index contributed by atoms with van der Waals surface area (Å²) < 4.78 is 45.4. The Morgan fingerprint density at radius 3 is 2.39 bits per heavy atom. The second-order valence-corrected chi connectivity index (χ2v) is 8.25. The number of hydrogen-bond acceptors (Lipinski definition) is 6. The Morgan fingerprint density at radius 1 is 1.24 bits per heavy atom. The van der Waals surface area contributed by atoms with E-state index in [9.17, 15) is 23.2 Å². The molecule has 1 aromatic heterocycles. The standard InChI is InChI=1S/C20H22Cl2F3N5O3/c1-11(27-32)13-8-14(21)16(33-3)9-15(13)28-4-6-29(7-5-28)17(31)10-30-12(2)18(22)19(26-30)20(23,24)25/h8-9,32H,4-7,10H2,1-3H3/b27-11+. The minimum absolute atomic E-state index is 0.0765. The summed E-state index contributed by atoms with van der Waals surface area (Å²) in [6.45, 7) is 4.21. The van der Waals surface area contributed by atoms with Crippen molar-refractivity contribution in [2.45, 2.75) is 26.6 Å². The van der Waals surface area contributed by atoms with E-state index in [2.05, 4.69) is 10.3 Å². The zero-order chi connectivity index (χ0) is 24.5. The van der Waals surface area contributed by atoms with Crippen molar-refractivity contribution in [3.05, 3.63) is 39.1 Å². The number of benzene rings is 1. The number of oxime groups is 1. The van der Waals surface area contributed by atoms with Crippen LogP contribution in [0.2, 0.25) is 10.0 Å². The molecule has 8 nitrogen and oxygen atoms in total. The summed E-state index contributed by atoms with van der Waals surface area (Å²) in [5.41, 5.74) is 0.573. The van der Waals surface area contributed by atoms with E-state index >= 15 is 0 Å². The van der Waals surface area contributed by atoms with Gasteiger partial charge in [-0.3, -0.25) is 9.48 Å². The lowest BCUT2D eigenvalue weighted by molar-refractivity contribution is -0.142. The lowest BCUT2D eigenvalue weighted by Gasteiger charge is -2.37. The molecule has 1 N–H and O–H groups in total. The van der Waals surface area contributed by atoms with E-state index < -0.39 is 16.9 Å². The molecule has 2 aromatic rings. The molecule has 0 unspecified atom stereocenters. The Morgan fingerprint density at radius 2 is 1.88 bits per heavy atom.